The van der Waals surface area contributed by atoms with Gasteiger partial charge in [0.05, 0.1) is 35.6 Å². The monoisotopic (exact) mass is 567 g/mol. The Balaban J connectivity index is 0.00000274. The topological polar surface area (TPSA) is 147 Å². The van der Waals surface area contributed by atoms with Crippen LogP contribution >= 0.6 is 12.6 Å². The van der Waals surface area contributed by atoms with Crippen LogP contribution < -0.4 is 32.4 Å². The summed E-state index contributed by atoms with van der Waals surface area (Å²) in [6.07, 6.45) is 6.40. The highest BCUT2D eigenvalue weighted by Crippen LogP contribution is 2.37. The van der Waals surface area contributed by atoms with Crippen molar-refractivity contribution in [3.8, 4) is 5.75 Å². The van der Waals surface area contributed by atoms with Gasteiger partial charge in [0.2, 0.25) is 0 Å². The van der Waals surface area contributed by atoms with Gasteiger partial charge in [-0.2, -0.15) is 12.6 Å². The van der Waals surface area contributed by atoms with E-state index < -0.39 is 0 Å². The Kier molecular flexibility index (Phi) is 11.1. The molecule has 1 amide bonds. The molecule has 0 atom stereocenters. The number of nitrogens with zero attached hydrogens (tertiary/aromatic N) is 2. The van der Waals surface area contributed by atoms with Crippen molar-refractivity contribution in [2.24, 2.45) is 17.5 Å². The van der Waals surface area contributed by atoms with Crippen molar-refractivity contribution in [2.75, 3.05) is 36.5 Å². The number of rotatable bonds is 8. The van der Waals surface area contributed by atoms with Gasteiger partial charge >= 0.3 is 0 Å². The summed E-state index contributed by atoms with van der Waals surface area (Å²) < 4.78 is 5.47. The van der Waals surface area contributed by atoms with Gasteiger partial charge < -0.3 is 26.4 Å². The number of hydrogen-bond acceptors (Lipinski definition) is 8. The van der Waals surface area contributed by atoms with Crippen molar-refractivity contribution in [1.29, 1.82) is 5.41 Å². The van der Waals surface area contributed by atoms with Crippen LogP contribution in [0.3, 0.4) is 0 Å². The lowest BCUT2D eigenvalue weighted by atomic mass is 9.84. The van der Waals surface area contributed by atoms with E-state index in [4.69, 9.17) is 27.5 Å². The lowest BCUT2D eigenvalue weighted by molar-refractivity contribution is 0.102. The molecule has 10 heteroatoms. The van der Waals surface area contributed by atoms with Crippen molar-refractivity contribution in [1.82, 2.24) is 4.90 Å². The zero-order valence-electron chi connectivity index (χ0n) is 24.8. The second-order valence-corrected chi connectivity index (χ2v) is 10.9. The van der Waals surface area contributed by atoms with Gasteiger partial charge in [-0.25, -0.2) is 5.84 Å². The van der Waals surface area contributed by atoms with E-state index in [0.717, 1.165) is 30.4 Å². The quantitative estimate of drug-likeness (QED) is 0.0477. The van der Waals surface area contributed by atoms with Crippen LogP contribution in [0.15, 0.2) is 54.5 Å². The van der Waals surface area contributed by atoms with Crippen LogP contribution in [-0.4, -0.2) is 37.1 Å². The molecule has 1 saturated carbocycles. The van der Waals surface area contributed by atoms with Crippen molar-refractivity contribution in [2.45, 2.75) is 52.4 Å². The SMILES string of the molecule is C=C(/C(N)=C/N(N)c1cc(C(=O)Nc2cc(C(C)(C)C)cc(N)c2OC)ccc1C)N(C)C(=N)C1CCC1.CS. The number of aryl methyl sites for hydroxylation is 1. The number of benzene rings is 2. The van der Waals surface area contributed by atoms with Crippen LogP contribution in [0.5, 0.6) is 5.75 Å². The van der Waals surface area contributed by atoms with Crippen LogP contribution in [0.25, 0.3) is 0 Å². The molecule has 9 nitrogen and oxygen atoms in total. The normalized spacial score (nSPS) is 13.4. The summed E-state index contributed by atoms with van der Waals surface area (Å²) in [6, 6.07) is 8.98. The molecule has 1 fully saturated rings. The number of amidine groups is 1. The third-order valence-corrected chi connectivity index (χ3v) is 7.05. The number of likely N-dealkylation sites (N-methyl/N-ethyl adjacent to an activating group) is 1. The maximum Gasteiger partial charge on any atom is 0.255 e. The highest BCUT2D eigenvalue weighted by atomic mass is 32.1. The molecule has 218 valence electrons. The minimum Gasteiger partial charge on any atom is -0.492 e. The third kappa shape index (κ3) is 7.51. The first-order chi connectivity index (χ1) is 18.7. The molecule has 2 aromatic rings. The largest absolute Gasteiger partial charge is 0.492 e. The molecule has 2 aromatic carbocycles. The van der Waals surface area contributed by atoms with E-state index in [1.807, 2.05) is 25.1 Å². The number of nitrogens with one attached hydrogen (secondary N) is 2. The molecule has 1 aliphatic rings. The first kappa shape index (κ1) is 32.6. The van der Waals surface area contributed by atoms with Crippen molar-refractivity contribution in [3.63, 3.8) is 0 Å². The van der Waals surface area contributed by atoms with Crippen LogP contribution in [0, 0.1) is 18.3 Å². The number of methoxy groups -OCH3 is 1. The van der Waals surface area contributed by atoms with Crippen LogP contribution in [-0.2, 0) is 5.41 Å². The number of nitrogens with two attached hydrogens (primary N) is 3. The third-order valence-electron chi connectivity index (χ3n) is 7.05. The summed E-state index contributed by atoms with van der Waals surface area (Å²) >= 11 is 3.53. The summed E-state index contributed by atoms with van der Waals surface area (Å²) in [4.78, 5) is 15.0. The standard InChI is InChI=1S/C29H41N7O2.CH4S/c1-17-11-12-20(28(37)34-24-15-21(29(3,4)5)14-22(30)26(24)38-7)13-25(17)36(33)16-23(31)18(2)35(6)27(32)19-9-8-10-19;1-2/h11-16,19,32H,2,8-10,30-31,33H2,1,3-7H3,(H,34,37);2H,1H3/b23-16-,32-27?;. The summed E-state index contributed by atoms with van der Waals surface area (Å²) in [5.41, 5.74) is 16.9. The molecule has 0 spiro atoms. The van der Waals surface area contributed by atoms with E-state index in [9.17, 15) is 4.79 Å². The van der Waals surface area contributed by atoms with Gasteiger partial charge in [0, 0.05) is 24.7 Å². The second-order valence-electron chi connectivity index (χ2n) is 10.9. The molecule has 0 saturated heterocycles. The van der Waals surface area contributed by atoms with E-state index in [1.54, 1.807) is 36.5 Å². The van der Waals surface area contributed by atoms with E-state index in [-0.39, 0.29) is 17.2 Å². The lowest BCUT2D eigenvalue weighted by Gasteiger charge is -2.33. The molecular formula is C30H45N7O2S. The van der Waals surface area contributed by atoms with Gasteiger partial charge in [-0.1, -0.05) is 39.8 Å². The Morgan fingerprint density at radius 3 is 2.38 bits per heavy atom. The lowest BCUT2D eigenvalue weighted by Crippen LogP contribution is -2.37. The Morgan fingerprint density at radius 2 is 1.85 bits per heavy atom. The number of hydrogen-bond donors (Lipinski definition) is 6. The van der Waals surface area contributed by atoms with E-state index in [0.29, 0.717) is 45.6 Å². The van der Waals surface area contributed by atoms with Crippen LogP contribution in [0.1, 0.15) is 61.5 Å². The first-order valence-corrected chi connectivity index (χ1v) is 14.0. The minimum absolute atomic E-state index is 0.169. The summed E-state index contributed by atoms with van der Waals surface area (Å²) in [5, 5.41) is 12.7. The Bertz CT molecular complexity index is 1280. The predicted octanol–water partition coefficient (Wildman–Crippen LogP) is 5.38. The number of carbonyl (C=O) groups is 1. The van der Waals surface area contributed by atoms with Gasteiger partial charge in [0.25, 0.3) is 5.91 Å². The Hall–Kier alpha value is -3.63. The molecule has 0 bridgehead atoms. The number of ether oxygens (including phenoxy) is 1. The van der Waals surface area contributed by atoms with Gasteiger partial charge in [0.1, 0.15) is 5.84 Å². The van der Waals surface area contributed by atoms with Crippen LogP contribution in [0.4, 0.5) is 17.1 Å². The van der Waals surface area contributed by atoms with Gasteiger partial charge in [-0.15, -0.1) is 0 Å². The second kappa shape index (κ2) is 13.6. The molecule has 0 unspecified atom stereocenters. The van der Waals surface area contributed by atoms with E-state index >= 15 is 0 Å². The maximum atomic E-state index is 13.3. The zero-order valence-corrected chi connectivity index (χ0v) is 25.7. The molecule has 40 heavy (non-hydrogen) atoms. The van der Waals surface area contributed by atoms with E-state index in [1.165, 1.54) is 12.1 Å². The first-order valence-electron chi connectivity index (χ1n) is 13.1. The van der Waals surface area contributed by atoms with Gasteiger partial charge in [0.15, 0.2) is 5.75 Å². The average Bonchev–Trinajstić information content (AvgIpc) is 2.87. The van der Waals surface area contributed by atoms with Crippen molar-refractivity contribution < 1.29 is 9.53 Å². The molecule has 0 aromatic heterocycles. The smallest absolute Gasteiger partial charge is 0.255 e. The summed E-state index contributed by atoms with van der Waals surface area (Å²) in [5.74, 6) is 7.18. The average molecular weight is 568 g/mol. The highest BCUT2D eigenvalue weighted by molar-refractivity contribution is 7.79. The predicted molar refractivity (Wildman–Crippen MR) is 171 cm³/mol. The number of anilines is 3. The molecule has 3 rings (SSSR count). The fraction of sp³-hybridized carbons (Fsp3) is 0.400. The van der Waals surface area contributed by atoms with Gasteiger partial charge in [-0.3, -0.25) is 15.2 Å². The number of amides is 1. The number of thiol groups is 1. The fourth-order valence-electron chi connectivity index (χ4n) is 4.22. The zero-order chi connectivity index (χ0) is 30.4. The molecule has 0 heterocycles. The molecule has 0 aliphatic heterocycles. The van der Waals surface area contributed by atoms with E-state index in [2.05, 4.69) is 45.3 Å². The Labute approximate surface area is 244 Å². The van der Waals surface area contributed by atoms with Crippen LogP contribution in [0.2, 0.25) is 0 Å². The number of carbonyl (C=O) groups excluding carboxylic acids is 1. The Morgan fingerprint density at radius 1 is 1.23 bits per heavy atom. The summed E-state index contributed by atoms with van der Waals surface area (Å²) in [7, 11) is 3.31. The van der Waals surface area contributed by atoms with Crippen molar-refractivity contribution >= 4 is 41.4 Å². The molecular weight excluding hydrogens is 522 g/mol. The molecule has 0 radical (unpaired) electrons. The minimum atomic E-state index is -0.335. The number of hydrazine groups is 1. The number of nitrogen functional groups attached to an aromatic ring is 1. The summed E-state index contributed by atoms with van der Waals surface area (Å²) in [6.45, 7) is 12.2. The van der Waals surface area contributed by atoms with Gasteiger partial charge in [-0.05, 0) is 66.8 Å². The maximum absolute atomic E-state index is 13.3. The van der Waals surface area contributed by atoms with Crippen molar-refractivity contribution in [3.05, 3.63) is 71.2 Å². The molecule has 8 N–H and O–H groups in total. The fourth-order valence-corrected chi connectivity index (χ4v) is 4.22. The highest BCUT2D eigenvalue weighted by Gasteiger charge is 2.26. The molecule has 1 aliphatic carbocycles.